The maximum absolute atomic E-state index is 10.4. The first-order valence-electron chi connectivity index (χ1n) is 2.61. The Morgan fingerprint density at radius 3 is 1.64 bits per heavy atom. The second kappa shape index (κ2) is 17.5. The van der Waals surface area contributed by atoms with Crippen molar-refractivity contribution in [3.05, 3.63) is 33.9 Å². The van der Waals surface area contributed by atoms with Gasteiger partial charge in [-0.1, -0.05) is 6.26 Å². The average Bonchev–Trinajstić information content (AvgIpc) is 1.80. The SMILES string of the molecule is Cc1[c-]oc(=O)[c-]c1C.[Y].[Y].[Y].[Y].[Y]. The molecule has 1 aromatic heterocycles. The van der Waals surface area contributed by atoms with Crippen LogP contribution in [0.1, 0.15) is 11.1 Å². The van der Waals surface area contributed by atoms with E-state index in [4.69, 9.17) is 0 Å². The van der Waals surface area contributed by atoms with E-state index in [1.165, 1.54) is 0 Å². The van der Waals surface area contributed by atoms with Crippen LogP contribution in [0, 0.1) is 26.2 Å². The smallest absolute Gasteiger partial charge is 0.121 e. The normalized spacial score (nSPS) is 6.14. The monoisotopic (exact) mass is 567 g/mol. The number of aryl methyl sites for hydroxylation is 2. The van der Waals surface area contributed by atoms with Crippen molar-refractivity contribution >= 4 is 0 Å². The minimum Gasteiger partial charge on any atom is -0.587 e. The van der Waals surface area contributed by atoms with Gasteiger partial charge in [0.15, 0.2) is 0 Å². The Labute approximate surface area is 210 Å². The van der Waals surface area contributed by atoms with Gasteiger partial charge in [-0.2, -0.15) is 0 Å². The molecule has 0 aliphatic rings. The zero-order valence-electron chi connectivity index (χ0n) is 8.20. The first-order chi connectivity index (χ1) is 4.20. The Balaban J connectivity index is -0.0000000540. The molecule has 0 amide bonds. The van der Waals surface area contributed by atoms with Crippen LogP contribution in [0.4, 0.5) is 0 Å². The summed E-state index contributed by atoms with van der Waals surface area (Å²) in [6.45, 7) is 3.61. The molecule has 0 aromatic carbocycles. The Kier molecular flexibility index (Phi) is 38.8. The average molecular weight is 567 g/mol. The molecule has 2 nitrogen and oxygen atoms in total. The largest absolute Gasteiger partial charge is 0.587 e. The van der Waals surface area contributed by atoms with Gasteiger partial charge < -0.3 is 14.8 Å². The van der Waals surface area contributed by atoms with Crippen LogP contribution in [0.3, 0.4) is 0 Å². The van der Waals surface area contributed by atoms with Crippen molar-refractivity contribution in [2.75, 3.05) is 0 Å². The van der Waals surface area contributed by atoms with Crippen LogP contribution in [0.2, 0.25) is 0 Å². The first-order valence-corrected chi connectivity index (χ1v) is 2.61. The minimum atomic E-state index is -0.460. The molecular weight excluding hydrogens is 561 g/mol. The van der Waals surface area contributed by atoms with Gasteiger partial charge in [0.05, 0.1) is 0 Å². The molecule has 1 rings (SSSR count). The third kappa shape index (κ3) is 12.9. The van der Waals surface area contributed by atoms with Crippen LogP contribution in [0.15, 0.2) is 9.21 Å². The molecule has 0 N–H and O–H groups in total. The molecule has 0 bridgehead atoms. The van der Waals surface area contributed by atoms with E-state index >= 15 is 0 Å². The molecule has 0 saturated carbocycles. The standard InChI is InChI=1S/C7H6O2.5Y/c1-5-3-7(8)9-4-6(5)2;;;;;/h1-2H3;;;;;/q-2;;;;;. The van der Waals surface area contributed by atoms with Crippen molar-refractivity contribution < 1.29 is 168 Å². The molecule has 14 heavy (non-hydrogen) atoms. The van der Waals surface area contributed by atoms with Gasteiger partial charge in [0.25, 0.3) is 0 Å². The second-order valence-electron chi connectivity index (χ2n) is 1.87. The molecule has 0 fully saturated rings. The van der Waals surface area contributed by atoms with Crippen LogP contribution in [-0.2, 0) is 164 Å². The van der Waals surface area contributed by atoms with E-state index in [1.807, 2.05) is 6.92 Å². The van der Waals surface area contributed by atoms with E-state index in [0.717, 1.165) is 11.1 Å². The number of hydrogen-bond acceptors (Lipinski definition) is 2. The minimum absolute atomic E-state index is 0. The Morgan fingerprint density at radius 1 is 0.929 bits per heavy atom. The molecule has 63 valence electrons. The molecule has 0 saturated heterocycles. The molecule has 0 unspecified atom stereocenters. The first kappa shape index (κ1) is 31.1. The fourth-order valence-corrected chi connectivity index (χ4v) is 0.472. The summed E-state index contributed by atoms with van der Waals surface area (Å²) in [4.78, 5) is 10.4. The number of hydrogen-bond donors (Lipinski definition) is 0. The Hall–Kier alpha value is 4.47. The molecule has 0 spiro atoms. The zero-order chi connectivity index (χ0) is 6.85. The van der Waals surface area contributed by atoms with Gasteiger partial charge in [0.2, 0.25) is 0 Å². The molecule has 7 heteroatoms. The van der Waals surface area contributed by atoms with Gasteiger partial charge in [-0.25, -0.2) is 0 Å². The summed E-state index contributed by atoms with van der Waals surface area (Å²) in [7, 11) is 0. The van der Waals surface area contributed by atoms with Crippen LogP contribution in [0.25, 0.3) is 0 Å². The van der Waals surface area contributed by atoms with Crippen molar-refractivity contribution in [3.8, 4) is 0 Å². The molecule has 5 radical (unpaired) electrons. The maximum atomic E-state index is 10.4. The van der Waals surface area contributed by atoms with Crippen LogP contribution < -0.4 is 5.63 Å². The third-order valence-electron chi connectivity index (χ3n) is 1.15. The number of rotatable bonds is 0. The van der Waals surface area contributed by atoms with Gasteiger partial charge in [-0.15, -0.1) is 13.8 Å². The summed E-state index contributed by atoms with van der Waals surface area (Å²) in [5, 5.41) is 0. The topological polar surface area (TPSA) is 30.2 Å². The quantitative estimate of drug-likeness (QED) is 0.436. The van der Waals surface area contributed by atoms with Crippen LogP contribution in [-0.4, -0.2) is 0 Å². The predicted octanol–water partition coefficient (Wildman–Crippen LogP) is 0.845. The summed E-state index contributed by atoms with van der Waals surface area (Å²) < 4.78 is 4.40. The molecule has 0 aliphatic carbocycles. The van der Waals surface area contributed by atoms with Gasteiger partial charge in [-0.05, 0) is 0 Å². The summed E-state index contributed by atoms with van der Waals surface area (Å²) in [6, 6.07) is 2.48. The van der Waals surface area contributed by atoms with E-state index < -0.39 is 5.63 Å². The fourth-order valence-electron chi connectivity index (χ4n) is 0.472. The van der Waals surface area contributed by atoms with E-state index in [2.05, 4.69) is 16.7 Å². The van der Waals surface area contributed by atoms with E-state index in [-0.39, 0.29) is 164 Å². The molecule has 0 atom stereocenters. The van der Waals surface area contributed by atoms with Crippen molar-refractivity contribution in [3.63, 3.8) is 0 Å². The summed E-state index contributed by atoms with van der Waals surface area (Å²) in [5.74, 6) is 0. The van der Waals surface area contributed by atoms with Gasteiger partial charge in [0, 0.05) is 164 Å². The van der Waals surface area contributed by atoms with Crippen LogP contribution in [0.5, 0.6) is 0 Å². The van der Waals surface area contributed by atoms with Crippen molar-refractivity contribution in [2.24, 2.45) is 0 Å². The zero-order valence-corrected chi connectivity index (χ0v) is 22.4. The second-order valence-corrected chi connectivity index (χ2v) is 1.87. The molecule has 1 heterocycles. The van der Waals surface area contributed by atoms with Crippen LogP contribution >= 0.6 is 0 Å². The Morgan fingerprint density at radius 2 is 1.36 bits per heavy atom. The fraction of sp³-hybridized carbons (Fsp3) is 0.286. The molecular formula is C7H6O2Y5-2. The van der Waals surface area contributed by atoms with Gasteiger partial charge in [-0.3, -0.25) is 11.6 Å². The summed E-state index contributed by atoms with van der Waals surface area (Å²) >= 11 is 0. The predicted molar refractivity (Wildman–Crippen MR) is 32.1 cm³/mol. The van der Waals surface area contributed by atoms with E-state index in [9.17, 15) is 4.79 Å². The summed E-state index contributed by atoms with van der Waals surface area (Å²) in [5.41, 5.74) is 1.17. The Bertz CT molecular complexity index is 273. The van der Waals surface area contributed by atoms with Crippen molar-refractivity contribution in [1.29, 1.82) is 0 Å². The molecule has 0 aliphatic heterocycles. The van der Waals surface area contributed by atoms with Crippen molar-refractivity contribution in [1.82, 2.24) is 0 Å². The third-order valence-corrected chi connectivity index (χ3v) is 1.15. The molecule has 1 aromatic rings. The van der Waals surface area contributed by atoms with E-state index in [1.54, 1.807) is 6.92 Å². The van der Waals surface area contributed by atoms with Gasteiger partial charge in [0.1, 0.15) is 5.63 Å². The van der Waals surface area contributed by atoms with Gasteiger partial charge >= 0.3 is 0 Å². The van der Waals surface area contributed by atoms with E-state index in [0.29, 0.717) is 0 Å². The maximum Gasteiger partial charge on any atom is 0.121 e. The summed E-state index contributed by atoms with van der Waals surface area (Å²) in [6.07, 6.45) is 2.45. The van der Waals surface area contributed by atoms with Crippen molar-refractivity contribution in [2.45, 2.75) is 13.8 Å².